The van der Waals surface area contributed by atoms with Crippen LogP contribution in [0.3, 0.4) is 0 Å². The van der Waals surface area contributed by atoms with Crippen LogP contribution in [-0.4, -0.2) is 25.5 Å². The predicted octanol–water partition coefficient (Wildman–Crippen LogP) is 1.19. The van der Waals surface area contributed by atoms with E-state index in [0.29, 0.717) is 18.4 Å². The monoisotopic (exact) mass is 285 g/mol. The lowest BCUT2D eigenvalue weighted by atomic mass is 10.2. The van der Waals surface area contributed by atoms with Crippen molar-refractivity contribution in [2.75, 3.05) is 0 Å². The number of hydrogen-bond donors (Lipinski definition) is 3. The first-order chi connectivity index (χ1) is 8.92. The molecule has 0 amide bonds. The number of hydrogen-bond acceptors (Lipinski definition) is 4. The normalized spacial score (nSPS) is 14.3. The third-order valence-corrected chi connectivity index (χ3v) is 4.36. The number of nitrogens with two attached hydrogens (primary N) is 1. The van der Waals surface area contributed by atoms with Gasteiger partial charge in [0.2, 0.25) is 10.0 Å². The van der Waals surface area contributed by atoms with Crippen LogP contribution in [0.2, 0.25) is 0 Å². The Morgan fingerprint density at radius 3 is 2.63 bits per heavy atom. The second kappa shape index (κ2) is 6.53. The number of amidine groups is 1. The van der Waals surface area contributed by atoms with Crippen molar-refractivity contribution in [1.82, 2.24) is 4.72 Å². The molecule has 0 saturated carbocycles. The topological polar surface area (TPSA) is 105 Å². The van der Waals surface area contributed by atoms with Crippen molar-refractivity contribution in [3.8, 4) is 0 Å². The molecule has 0 aliphatic rings. The maximum atomic E-state index is 12.3. The van der Waals surface area contributed by atoms with E-state index in [-0.39, 0.29) is 10.7 Å². The van der Waals surface area contributed by atoms with Crippen molar-refractivity contribution in [1.29, 1.82) is 0 Å². The molecule has 1 aromatic rings. The summed E-state index contributed by atoms with van der Waals surface area (Å²) in [6.45, 7) is 3.60. The van der Waals surface area contributed by atoms with Crippen LogP contribution in [0.5, 0.6) is 0 Å². The van der Waals surface area contributed by atoms with E-state index >= 15 is 0 Å². The number of nitrogens with zero attached hydrogens (tertiary/aromatic N) is 1. The average Bonchev–Trinajstić information content (AvgIpc) is 2.37. The van der Waals surface area contributed by atoms with Gasteiger partial charge in [0, 0.05) is 0 Å². The lowest BCUT2D eigenvalue weighted by Crippen LogP contribution is -2.44. The molecule has 19 heavy (non-hydrogen) atoms. The summed E-state index contributed by atoms with van der Waals surface area (Å²) in [5, 5.41) is 11.6. The van der Waals surface area contributed by atoms with Gasteiger partial charge in [0.1, 0.15) is 0 Å². The molecule has 6 nitrogen and oxygen atoms in total. The van der Waals surface area contributed by atoms with Crippen LogP contribution in [0.25, 0.3) is 0 Å². The molecule has 0 fully saturated rings. The van der Waals surface area contributed by atoms with Gasteiger partial charge in [-0.2, -0.15) is 0 Å². The molecule has 7 heteroatoms. The van der Waals surface area contributed by atoms with Gasteiger partial charge in [-0.15, -0.1) is 0 Å². The molecule has 0 aromatic heterocycles. The van der Waals surface area contributed by atoms with E-state index in [4.69, 9.17) is 10.9 Å². The van der Waals surface area contributed by atoms with E-state index in [1.54, 1.807) is 25.1 Å². The Kier molecular flexibility index (Phi) is 5.31. The van der Waals surface area contributed by atoms with Crippen LogP contribution in [0, 0.1) is 6.92 Å². The van der Waals surface area contributed by atoms with Crippen LogP contribution in [0.4, 0.5) is 0 Å². The number of rotatable bonds is 6. The fraction of sp³-hybridized carbons (Fsp3) is 0.417. The van der Waals surface area contributed by atoms with Crippen molar-refractivity contribution in [2.45, 2.75) is 37.6 Å². The van der Waals surface area contributed by atoms with Crippen LogP contribution in [0.1, 0.15) is 25.3 Å². The van der Waals surface area contributed by atoms with Gasteiger partial charge in [-0.25, -0.2) is 13.1 Å². The zero-order valence-corrected chi connectivity index (χ0v) is 11.8. The van der Waals surface area contributed by atoms with E-state index in [0.717, 1.165) is 0 Å². The van der Waals surface area contributed by atoms with Crippen molar-refractivity contribution in [3.05, 3.63) is 29.8 Å². The van der Waals surface area contributed by atoms with Gasteiger partial charge in [-0.05, 0) is 25.0 Å². The summed E-state index contributed by atoms with van der Waals surface area (Å²) < 4.78 is 27.0. The highest BCUT2D eigenvalue weighted by Crippen LogP contribution is 2.15. The predicted molar refractivity (Wildman–Crippen MR) is 73.6 cm³/mol. The van der Waals surface area contributed by atoms with E-state index in [9.17, 15) is 8.42 Å². The maximum absolute atomic E-state index is 12.3. The van der Waals surface area contributed by atoms with Crippen LogP contribution in [0.15, 0.2) is 34.3 Å². The molecule has 1 rings (SSSR count). The number of nitrogens with one attached hydrogen (secondary N) is 1. The molecule has 1 atom stereocenters. The molecular formula is C12H19N3O3S. The number of aryl methyl sites for hydroxylation is 1. The summed E-state index contributed by atoms with van der Waals surface area (Å²) in [5.74, 6) is -0.140. The fourth-order valence-corrected chi connectivity index (χ4v) is 3.22. The first kappa shape index (κ1) is 15.5. The van der Waals surface area contributed by atoms with Crippen molar-refractivity contribution in [2.24, 2.45) is 10.9 Å². The highest BCUT2D eigenvalue weighted by molar-refractivity contribution is 7.89. The lowest BCUT2D eigenvalue weighted by Gasteiger charge is -2.17. The molecule has 1 aromatic carbocycles. The zero-order chi connectivity index (χ0) is 14.5. The van der Waals surface area contributed by atoms with Crippen LogP contribution >= 0.6 is 0 Å². The van der Waals surface area contributed by atoms with Gasteiger partial charge < -0.3 is 10.9 Å². The summed E-state index contributed by atoms with van der Waals surface area (Å²) in [6, 6.07) is 5.95. The summed E-state index contributed by atoms with van der Waals surface area (Å²) in [7, 11) is -3.69. The molecule has 0 bridgehead atoms. The van der Waals surface area contributed by atoms with Gasteiger partial charge in [-0.1, -0.05) is 36.7 Å². The van der Waals surface area contributed by atoms with Crippen molar-refractivity contribution < 1.29 is 13.6 Å². The molecule has 0 heterocycles. The number of sulfonamides is 1. The Hall–Kier alpha value is -1.60. The van der Waals surface area contributed by atoms with Crippen LogP contribution < -0.4 is 10.5 Å². The van der Waals surface area contributed by atoms with Gasteiger partial charge in [-0.3, -0.25) is 0 Å². The molecule has 0 spiro atoms. The first-order valence-corrected chi connectivity index (χ1v) is 7.46. The average molecular weight is 285 g/mol. The second-order valence-corrected chi connectivity index (χ2v) is 5.94. The van der Waals surface area contributed by atoms with Gasteiger partial charge >= 0.3 is 0 Å². The maximum Gasteiger partial charge on any atom is 0.241 e. The highest BCUT2D eigenvalue weighted by atomic mass is 32.2. The van der Waals surface area contributed by atoms with Crippen molar-refractivity contribution >= 4 is 15.9 Å². The highest BCUT2D eigenvalue weighted by Gasteiger charge is 2.23. The van der Waals surface area contributed by atoms with Gasteiger partial charge in [0.15, 0.2) is 5.84 Å². The third-order valence-electron chi connectivity index (χ3n) is 2.73. The van der Waals surface area contributed by atoms with Crippen LogP contribution in [-0.2, 0) is 10.0 Å². The Morgan fingerprint density at radius 1 is 1.47 bits per heavy atom. The molecular weight excluding hydrogens is 266 g/mol. The molecule has 0 saturated heterocycles. The molecule has 0 radical (unpaired) electrons. The second-order valence-electron chi connectivity index (χ2n) is 4.25. The first-order valence-electron chi connectivity index (χ1n) is 5.97. The van der Waals surface area contributed by atoms with Crippen molar-refractivity contribution in [3.63, 3.8) is 0 Å². The molecule has 4 N–H and O–H groups in total. The Balaban J connectivity index is 3.05. The Bertz CT molecular complexity index is 555. The minimum absolute atomic E-state index is 0.140. The fourth-order valence-electron chi connectivity index (χ4n) is 1.73. The van der Waals surface area contributed by atoms with Gasteiger partial charge in [0.25, 0.3) is 0 Å². The summed E-state index contributed by atoms with van der Waals surface area (Å²) in [5.41, 5.74) is 6.14. The quantitative estimate of drug-likeness (QED) is 0.316. The minimum atomic E-state index is -3.69. The van der Waals surface area contributed by atoms with E-state index in [1.807, 2.05) is 6.92 Å². The standard InChI is InChI=1S/C12H19N3O3S/c1-3-6-10(12(13)14-16)15-19(17,18)11-8-5-4-7-9(11)2/h4-5,7-8,10,15-16H,3,6H2,1-2H3,(H2,13,14). The number of benzene rings is 1. The summed E-state index contributed by atoms with van der Waals surface area (Å²) in [6.07, 6.45) is 1.16. The number of oxime groups is 1. The van der Waals surface area contributed by atoms with E-state index in [2.05, 4.69) is 9.88 Å². The Labute approximate surface area is 113 Å². The molecule has 106 valence electrons. The molecule has 0 aliphatic heterocycles. The third kappa shape index (κ3) is 3.93. The Morgan fingerprint density at radius 2 is 2.11 bits per heavy atom. The van der Waals surface area contributed by atoms with Gasteiger partial charge in [0.05, 0.1) is 10.9 Å². The zero-order valence-electron chi connectivity index (χ0n) is 11.0. The SMILES string of the molecule is CCCC(NS(=O)(=O)c1ccccc1C)C(N)=NO. The minimum Gasteiger partial charge on any atom is -0.409 e. The molecule has 0 aliphatic carbocycles. The largest absolute Gasteiger partial charge is 0.409 e. The smallest absolute Gasteiger partial charge is 0.241 e. The van der Waals surface area contributed by atoms with E-state index < -0.39 is 16.1 Å². The van der Waals surface area contributed by atoms with E-state index in [1.165, 1.54) is 6.07 Å². The summed E-state index contributed by atoms with van der Waals surface area (Å²) >= 11 is 0. The summed E-state index contributed by atoms with van der Waals surface area (Å²) in [4.78, 5) is 0.196. The molecule has 1 unspecified atom stereocenters. The lowest BCUT2D eigenvalue weighted by molar-refractivity contribution is 0.315.